The summed E-state index contributed by atoms with van der Waals surface area (Å²) in [5, 5.41) is 0.973. The first-order valence-corrected chi connectivity index (χ1v) is 8.22. The van der Waals surface area contributed by atoms with Crippen LogP contribution in [0.4, 0.5) is 5.69 Å². The number of carbonyl (C=O) groups is 1. The number of esters is 1. The first kappa shape index (κ1) is 14.3. The van der Waals surface area contributed by atoms with Crippen LogP contribution in [0.15, 0.2) is 48.5 Å². The maximum absolute atomic E-state index is 12.1. The number of ether oxygens (including phenoxy) is 1. The quantitative estimate of drug-likeness (QED) is 0.395. The molecule has 0 aliphatic heterocycles. The van der Waals surface area contributed by atoms with Gasteiger partial charge in [0.1, 0.15) is 11.5 Å². The number of benzene rings is 2. The molecule has 0 amide bonds. The Kier molecular flexibility index (Phi) is 4.12. The van der Waals surface area contributed by atoms with Crippen LogP contribution >= 0.6 is 33.9 Å². The average Bonchev–Trinajstić information content (AvgIpc) is 2.89. The molecular formula is C16H12INO2S. The van der Waals surface area contributed by atoms with Gasteiger partial charge in [0.15, 0.2) is 0 Å². The van der Waals surface area contributed by atoms with Crippen LogP contribution in [0, 0.1) is 3.57 Å². The van der Waals surface area contributed by atoms with Gasteiger partial charge in [0.05, 0.1) is 0 Å². The molecule has 2 aromatic carbocycles. The van der Waals surface area contributed by atoms with E-state index in [4.69, 9.17) is 10.5 Å². The largest absolute Gasteiger partial charge is 0.457 e. The predicted octanol–water partition coefficient (Wildman–Crippen LogP) is 4.45. The molecule has 0 saturated heterocycles. The fraction of sp³-hybridized carbons (Fsp3) is 0.0625. The van der Waals surface area contributed by atoms with Crippen LogP contribution in [0.5, 0.6) is 0 Å². The number of anilines is 1. The lowest BCUT2D eigenvalue weighted by Gasteiger charge is -2.03. The number of carbonyl (C=O) groups excluding carboxylic acids is 1. The second kappa shape index (κ2) is 6.03. The van der Waals surface area contributed by atoms with Gasteiger partial charge in [-0.2, -0.15) is 0 Å². The summed E-state index contributed by atoms with van der Waals surface area (Å²) in [6, 6.07) is 15.3. The smallest absolute Gasteiger partial charge is 0.348 e. The Bertz CT molecular complexity index is 796. The van der Waals surface area contributed by atoms with E-state index in [-0.39, 0.29) is 12.6 Å². The number of fused-ring (bicyclic) bond motifs is 1. The third-order valence-corrected chi connectivity index (χ3v) is 4.84. The van der Waals surface area contributed by atoms with Crippen molar-refractivity contribution < 1.29 is 9.53 Å². The average molecular weight is 409 g/mol. The molecule has 0 bridgehead atoms. The fourth-order valence-electron chi connectivity index (χ4n) is 1.96. The van der Waals surface area contributed by atoms with Crippen molar-refractivity contribution in [2.75, 3.05) is 5.73 Å². The maximum atomic E-state index is 12.1. The Labute approximate surface area is 139 Å². The standard InChI is InChI=1S/C16H12INO2S/c17-12-3-1-10(2-4-12)9-20-16(19)15-8-11-7-13(18)5-6-14(11)21-15/h1-8H,9,18H2. The summed E-state index contributed by atoms with van der Waals surface area (Å²) < 4.78 is 7.54. The third kappa shape index (κ3) is 3.36. The Morgan fingerprint density at radius 1 is 1.14 bits per heavy atom. The van der Waals surface area contributed by atoms with E-state index in [1.165, 1.54) is 11.3 Å². The van der Waals surface area contributed by atoms with Crippen molar-refractivity contribution in [2.45, 2.75) is 6.61 Å². The Hall–Kier alpha value is -1.60. The Morgan fingerprint density at radius 2 is 1.90 bits per heavy atom. The lowest BCUT2D eigenvalue weighted by atomic mass is 10.2. The molecule has 1 heterocycles. The minimum atomic E-state index is -0.298. The van der Waals surface area contributed by atoms with Crippen molar-refractivity contribution in [1.82, 2.24) is 0 Å². The van der Waals surface area contributed by atoms with E-state index in [2.05, 4.69) is 22.6 Å². The van der Waals surface area contributed by atoms with Gasteiger partial charge in [-0.25, -0.2) is 4.79 Å². The predicted molar refractivity (Wildman–Crippen MR) is 94.5 cm³/mol. The summed E-state index contributed by atoms with van der Waals surface area (Å²) in [4.78, 5) is 12.7. The van der Waals surface area contributed by atoms with Gasteiger partial charge in [-0.3, -0.25) is 0 Å². The van der Waals surface area contributed by atoms with Crippen LogP contribution in [0.2, 0.25) is 0 Å². The maximum Gasteiger partial charge on any atom is 0.348 e. The molecule has 0 spiro atoms. The van der Waals surface area contributed by atoms with Crippen LogP contribution in [0.1, 0.15) is 15.2 Å². The molecule has 21 heavy (non-hydrogen) atoms. The molecule has 0 unspecified atom stereocenters. The Morgan fingerprint density at radius 3 is 2.67 bits per heavy atom. The molecule has 5 heteroatoms. The number of nitrogen functional groups attached to an aromatic ring is 1. The number of nitrogens with two attached hydrogens (primary N) is 1. The molecule has 0 aliphatic carbocycles. The summed E-state index contributed by atoms with van der Waals surface area (Å²) in [6.45, 7) is 0.284. The first-order valence-electron chi connectivity index (χ1n) is 6.32. The highest BCUT2D eigenvalue weighted by Crippen LogP contribution is 2.28. The topological polar surface area (TPSA) is 52.3 Å². The lowest BCUT2D eigenvalue weighted by Crippen LogP contribution is -2.02. The van der Waals surface area contributed by atoms with E-state index in [0.29, 0.717) is 10.6 Å². The zero-order valence-corrected chi connectivity index (χ0v) is 14.0. The van der Waals surface area contributed by atoms with Gasteiger partial charge in [0.25, 0.3) is 0 Å². The van der Waals surface area contributed by atoms with Crippen LogP contribution in [-0.2, 0) is 11.3 Å². The zero-order chi connectivity index (χ0) is 14.8. The monoisotopic (exact) mass is 409 g/mol. The van der Waals surface area contributed by atoms with Gasteiger partial charge in [-0.05, 0) is 69.9 Å². The second-order valence-corrected chi connectivity index (χ2v) is 6.94. The zero-order valence-electron chi connectivity index (χ0n) is 11.0. The van der Waals surface area contributed by atoms with E-state index in [0.717, 1.165) is 19.2 Å². The van der Waals surface area contributed by atoms with Crippen LogP contribution in [0.3, 0.4) is 0 Å². The van der Waals surface area contributed by atoms with Crippen molar-refractivity contribution in [3.05, 3.63) is 62.5 Å². The van der Waals surface area contributed by atoms with E-state index < -0.39 is 0 Å². The lowest BCUT2D eigenvalue weighted by molar-refractivity contribution is 0.0478. The molecule has 0 aliphatic rings. The van der Waals surface area contributed by atoms with Crippen LogP contribution in [0.25, 0.3) is 10.1 Å². The van der Waals surface area contributed by atoms with Gasteiger partial charge in [-0.15, -0.1) is 11.3 Å². The van der Waals surface area contributed by atoms with Gasteiger partial charge in [0, 0.05) is 14.0 Å². The molecule has 0 radical (unpaired) electrons. The molecule has 106 valence electrons. The number of rotatable bonds is 3. The van der Waals surface area contributed by atoms with E-state index in [1.807, 2.05) is 48.5 Å². The third-order valence-electron chi connectivity index (χ3n) is 3.02. The van der Waals surface area contributed by atoms with Gasteiger partial charge >= 0.3 is 5.97 Å². The summed E-state index contributed by atoms with van der Waals surface area (Å²) in [5.41, 5.74) is 7.42. The molecule has 3 aromatic rings. The van der Waals surface area contributed by atoms with Crippen molar-refractivity contribution in [2.24, 2.45) is 0 Å². The van der Waals surface area contributed by atoms with E-state index >= 15 is 0 Å². The number of hydrogen-bond donors (Lipinski definition) is 1. The SMILES string of the molecule is Nc1ccc2sc(C(=O)OCc3ccc(I)cc3)cc2c1. The number of thiophene rings is 1. The highest BCUT2D eigenvalue weighted by atomic mass is 127. The number of halogens is 1. The van der Waals surface area contributed by atoms with Crippen LogP contribution < -0.4 is 5.73 Å². The normalized spacial score (nSPS) is 10.7. The molecule has 0 saturated carbocycles. The Balaban J connectivity index is 1.73. The molecule has 3 nitrogen and oxygen atoms in total. The van der Waals surface area contributed by atoms with Crippen molar-refractivity contribution >= 4 is 55.7 Å². The van der Waals surface area contributed by atoms with Crippen molar-refractivity contribution in [1.29, 1.82) is 0 Å². The first-order chi connectivity index (χ1) is 10.1. The molecular weight excluding hydrogens is 397 g/mol. The molecule has 3 rings (SSSR count). The van der Waals surface area contributed by atoms with Crippen molar-refractivity contribution in [3.63, 3.8) is 0 Å². The summed E-state index contributed by atoms with van der Waals surface area (Å²) in [7, 11) is 0. The molecule has 0 atom stereocenters. The van der Waals surface area contributed by atoms with Gasteiger partial charge in [-0.1, -0.05) is 12.1 Å². The summed E-state index contributed by atoms with van der Waals surface area (Å²) in [5.74, 6) is -0.298. The van der Waals surface area contributed by atoms with Crippen molar-refractivity contribution in [3.8, 4) is 0 Å². The van der Waals surface area contributed by atoms with E-state index in [9.17, 15) is 4.79 Å². The molecule has 2 N–H and O–H groups in total. The van der Waals surface area contributed by atoms with Gasteiger partial charge in [0.2, 0.25) is 0 Å². The fourth-order valence-corrected chi connectivity index (χ4v) is 3.26. The number of hydrogen-bond acceptors (Lipinski definition) is 4. The minimum Gasteiger partial charge on any atom is -0.457 e. The summed E-state index contributed by atoms with van der Waals surface area (Å²) >= 11 is 3.66. The van der Waals surface area contributed by atoms with E-state index in [1.54, 1.807) is 0 Å². The summed E-state index contributed by atoms with van der Waals surface area (Å²) in [6.07, 6.45) is 0. The highest BCUT2D eigenvalue weighted by molar-refractivity contribution is 14.1. The second-order valence-electron chi connectivity index (χ2n) is 4.61. The molecule has 1 aromatic heterocycles. The minimum absolute atomic E-state index is 0.284. The highest BCUT2D eigenvalue weighted by Gasteiger charge is 2.12. The molecule has 0 fully saturated rings. The van der Waals surface area contributed by atoms with Crippen LogP contribution in [-0.4, -0.2) is 5.97 Å². The van der Waals surface area contributed by atoms with Gasteiger partial charge < -0.3 is 10.5 Å².